The van der Waals surface area contributed by atoms with Crippen molar-refractivity contribution in [2.24, 2.45) is 7.05 Å². The number of carbonyl (C=O) groups is 1. The summed E-state index contributed by atoms with van der Waals surface area (Å²) in [4.78, 5) is 21.5. The molecule has 0 aliphatic carbocycles. The largest absolute Gasteiger partial charge is 0.339 e. The smallest absolute Gasteiger partial charge is 0.233 e. The van der Waals surface area contributed by atoms with E-state index < -0.39 is 0 Å². The number of piperazine rings is 1. The van der Waals surface area contributed by atoms with Crippen LogP contribution in [-0.2, 0) is 18.4 Å². The Bertz CT molecular complexity index is 919. The molecule has 2 aromatic heterocycles. The van der Waals surface area contributed by atoms with Crippen LogP contribution in [0, 0.1) is 0 Å². The second-order valence-electron chi connectivity index (χ2n) is 6.52. The Kier molecular flexibility index (Phi) is 5.98. The van der Waals surface area contributed by atoms with Crippen LogP contribution in [0.1, 0.15) is 5.01 Å². The number of rotatable bonds is 6. The van der Waals surface area contributed by atoms with Crippen molar-refractivity contribution in [2.75, 3.05) is 31.9 Å². The Balaban J connectivity index is 1.25. The van der Waals surface area contributed by atoms with Crippen molar-refractivity contribution in [1.29, 1.82) is 0 Å². The van der Waals surface area contributed by atoms with E-state index in [1.807, 2.05) is 23.1 Å². The second-order valence-corrected chi connectivity index (χ2v) is 8.41. The fourth-order valence-corrected chi connectivity index (χ4v) is 4.63. The van der Waals surface area contributed by atoms with Crippen molar-refractivity contribution in [1.82, 2.24) is 35.0 Å². The molecule has 3 aromatic rings. The number of carbonyl (C=O) groups excluding carboxylic acids is 1. The zero-order valence-corrected chi connectivity index (χ0v) is 17.2. The predicted octanol–water partition coefficient (Wildman–Crippen LogP) is 1.77. The number of aromatic nitrogens is 5. The van der Waals surface area contributed by atoms with Gasteiger partial charge in [-0.3, -0.25) is 9.69 Å². The molecule has 1 aliphatic rings. The lowest BCUT2D eigenvalue weighted by Crippen LogP contribution is -2.48. The summed E-state index contributed by atoms with van der Waals surface area (Å²) in [7, 11) is 1.77. The highest BCUT2D eigenvalue weighted by Crippen LogP contribution is 2.23. The minimum absolute atomic E-state index is 0.133. The fourth-order valence-electron chi connectivity index (χ4n) is 3.03. The number of hydrogen-bond acceptors (Lipinski definition) is 8. The lowest BCUT2D eigenvalue weighted by atomic mass is 10.2. The molecule has 28 heavy (non-hydrogen) atoms. The van der Waals surface area contributed by atoms with Gasteiger partial charge in [-0.2, -0.15) is 0 Å². The summed E-state index contributed by atoms with van der Waals surface area (Å²) in [5.41, 5.74) is 2.18. The number of benzene rings is 1. The van der Waals surface area contributed by atoms with E-state index in [-0.39, 0.29) is 5.91 Å². The number of hydrogen-bond donors (Lipinski definition) is 0. The molecule has 146 valence electrons. The number of aryl methyl sites for hydroxylation is 1. The molecule has 1 aliphatic heterocycles. The lowest BCUT2D eigenvalue weighted by Gasteiger charge is -2.34. The number of thiazole rings is 1. The van der Waals surface area contributed by atoms with Crippen LogP contribution in [0.15, 0.2) is 40.9 Å². The summed E-state index contributed by atoms with van der Waals surface area (Å²) in [5, 5.41) is 15.1. The number of thioether (sulfide) groups is 1. The Morgan fingerprint density at radius 2 is 1.96 bits per heavy atom. The first-order valence-electron chi connectivity index (χ1n) is 9.04. The summed E-state index contributed by atoms with van der Waals surface area (Å²) in [6.07, 6.45) is 0. The average molecular weight is 416 g/mol. The van der Waals surface area contributed by atoms with E-state index in [1.165, 1.54) is 11.8 Å². The van der Waals surface area contributed by atoms with Gasteiger partial charge < -0.3 is 4.90 Å². The minimum Gasteiger partial charge on any atom is -0.339 e. The molecule has 0 atom stereocenters. The van der Waals surface area contributed by atoms with Crippen LogP contribution in [0.4, 0.5) is 0 Å². The van der Waals surface area contributed by atoms with Crippen LogP contribution in [-0.4, -0.2) is 72.8 Å². The third-order valence-electron chi connectivity index (χ3n) is 4.61. The molecule has 8 nitrogen and oxygen atoms in total. The van der Waals surface area contributed by atoms with Crippen molar-refractivity contribution < 1.29 is 4.79 Å². The van der Waals surface area contributed by atoms with Gasteiger partial charge >= 0.3 is 0 Å². The summed E-state index contributed by atoms with van der Waals surface area (Å²) < 4.78 is 1.58. The Labute approximate surface area is 171 Å². The normalized spacial score (nSPS) is 15.1. The molecule has 1 amide bonds. The highest BCUT2D eigenvalue weighted by molar-refractivity contribution is 7.99. The van der Waals surface area contributed by atoms with Gasteiger partial charge in [0.05, 0.1) is 18.0 Å². The maximum atomic E-state index is 12.4. The zero-order valence-electron chi connectivity index (χ0n) is 15.6. The molecule has 0 bridgehead atoms. The van der Waals surface area contributed by atoms with Crippen molar-refractivity contribution in [3.63, 3.8) is 0 Å². The molecule has 1 saturated heterocycles. The van der Waals surface area contributed by atoms with Crippen molar-refractivity contribution in [2.45, 2.75) is 11.7 Å². The highest BCUT2D eigenvalue weighted by atomic mass is 32.2. The summed E-state index contributed by atoms with van der Waals surface area (Å²) in [6, 6.07) is 10.2. The Morgan fingerprint density at radius 1 is 1.18 bits per heavy atom. The van der Waals surface area contributed by atoms with Gasteiger partial charge in [-0.25, -0.2) is 9.67 Å². The van der Waals surface area contributed by atoms with Gasteiger partial charge in [-0.1, -0.05) is 42.1 Å². The standard InChI is InChI=1S/C18H21N7OS2/c1-23-18(20-21-22-23)28-13-17(26)25-9-7-24(8-10-25)11-16-19-15(12-27-16)14-5-3-2-4-6-14/h2-6,12H,7-11,13H2,1H3. The molecular weight excluding hydrogens is 394 g/mol. The topological polar surface area (TPSA) is 80.0 Å². The molecule has 4 rings (SSSR count). The quantitative estimate of drug-likeness (QED) is 0.568. The van der Waals surface area contributed by atoms with Crippen LogP contribution < -0.4 is 0 Å². The third-order valence-corrected chi connectivity index (χ3v) is 6.44. The van der Waals surface area contributed by atoms with Gasteiger partial charge in [0.2, 0.25) is 11.1 Å². The molecule has 10 heteroatoms. The summed E-state index contributed by atoms with van der Waals surface area (Å²) in [6.45, 7) is 4.05. The molecule has 1 aromatic carbocycles. The first kappa shape index (κ1) is 19.0. The van der Waals surface area contributed by atoms with Gasteiger partial charge in [-0.15, -0.1) is 16.4 Å². The van der Waals surface area contributed by atoms with E-state index in [0.29, 0.717) is 10.9 Å². The maximum Gasteiger partial charge on any atom is 0.233 e. The average Bonchev–Trinajstić information content (AvgIpc) is 3.36. The van der Waals surface area contributed by atoms with Gasteiger partial charge in [0.1, 0.15) is 5.01 Å². The first-order valence-corrected chi connectivity index (χ1v) is 10.9. The van der Waals surface area contributed by atoms with E-state index in [2.05, 4.69) is 37.9 Å². The molecule has 1 fully saturated rings. The van der Waals surface area contributed by atoms with Gasteiger partial charge in [0.15, 0.2) is 0 Å². The minimum atomic E-state index is 0.133. The number of tetrazole rings is 1. The Morgan fingerprint density at radius 3 is 2.68 bits per heavy atom. The zero-order chi connectivity index (χ0) is 19.3. The molecule has 0 saturated carbocycles. The summed E-state index contributed by atoms with van der Waals surface area (Å²) in [5.74, 6) is 0.495. The fraction of sp³-hybridized carbons (Fsp3) is 0.389. The van der Waals surface area contributed by atoms with Gasteiger partial charge in [0.25, 0.3) is 0 Å². The second kappa shape index (κ2) is 8.80. The summed E-state index contributed by atoms with van der Waals surface area (Å²) >= 11 is 3.07. The molecule has 0 radical (unpaired) electrons. The van der Waals surface area contributed by atoms with E-state index in [4.69, 9.17) is 4.98 Å². The lowest BCUT2D eigenvalue weighted by molar-refractivity contribution is -0.130. The third kappa shape index (κ3) is 4.57. The van der Waals surface area contributed by atoms with Crippen LogP contribution >= 0.6 is 23.1 Å². The van der Waals surface area contributed by atoms with Gasteiger partial charge in [-0.05, 0) is 10.4 Å². The highest BCUT2D eigenvalue weighted by Gasteiger charge is 2.22. The number of amides is 1. The molecule has 0 spiro atoms. The van der Waals surface area contributed by atoms with Crippen LogP contribution in [0.25, 0.3) is 11.3 Å². The van der Waals surface area contributed by atoms with E-state index in [1.54, 1.807) is 23.1 Å². The Hall–Kier alpha value is -2.30. The predicted molar refractivity (Wildman–Crippen MR) is 109 cm³/mol. The molecular formula is C18H21N7OS2. The van der Waals surface area contributed by atoms with E-state index >= 15 is 0 Å². The van der Waals surface area contributed by atoms with Crippen molar-refractivity contribution in [3.05, 3.63) is 40.7 Å². The number of nitrogens with zero attached hydrogens (tertiary/aromatic N) is 7. The van der Waals surface area contributed by atoms with Gasteiger partial charge in [0, 0.05) is 44.2 Å². The van der Waals surface area contributed by atoms with E-state index in [0.717, 1.165) is 49.0 Å². The van der Waals surface area contributed by atoms with Crippen LogP contribution in [0.3, 0.4) is 0 Å². The first-order chi connectivity index (χ1) is 13.7. The van der Waals surface area contributed by atoms with Crippen molar-refractivity contribution >= 4 is 29.0 Å². The van der Waals surface area contributed by atoms with Crippen LogP contribution in [0.5, 0.6) is 0 Å². The monoisotopic (exact) mass is 415 g/mol. The molecule has 0 unspecified atom stereocenters. The van der Waals surface area contributed by atoms with E-state index in [9.17, 15) is 4.79 Å². The molecule has 0 N–H and O–H groups in total. The SMILES string of the molecule is Cn1nnnc1SCC(=O)N1CCN(Cc2nc(-c3ccccc3)cs2)CC1. The maximum absolute atomic E-state index is 12.4. The van der Waals surface area contributed by atoms with Crippen molar-refractivity contribution in [3.8, 4) is 11.3 Å². The molecule has 3 heterocycles. The van der Waals surface area contributed by atoms with Crippen LogP contribution in [0.2, 0.25) is 0 Å².